The first-order chi connectivity index (χ1) is 12.1. The largest absolute Gasteiger partial charge is 0.344 e. The van der Waals surface area contributed by atoms with Crippen LogP contribution < -0.4 is 5.32 Å². The number of rotatable bonds is 4. The van der Waals surface area contributed by atoms with Crippen LogP contribution in [0.3, 0.4) is 0 Å². The van der Waals surface area contributed by atoms with Crippen molar-refractivity contribution in [3.05, 3.63) is 89.5 Å². The molecule has 3 rings (SSSR count). The molecule has 2 aromatic carbocycles. The van der Waals surface area contributed by atoms with Gasteiger partial charge in [0.1, 0.15) is 17.6 Å². The number of carbonyl (C=O) groups is 1. The van der Waals surface area contributed by atoms with Gasteiger partial charge in [0.05, 0.1) is 11.6 Å². The third-order valence-electron chi connectivity index (χ3n) is 3.97. The lowest BCUT2D eigenvalue weighted by Crippen LogP contribution is -2.29. The number of amides is 1. The summed E-state index contributed by atoms with van der Waals surface area (Å²) in [6.07, 6.45) is 1.63. The number of halogens is 1. The fraction of sp³-hybridized carbons (Fsp3) is 0.100. The molecule has 124 valence electrons. The Labute approximate surface area is 145 Å². The second-order valence-electron chi connectivity index (χ2n) is 5.64. The van der Waals surface area contributed by atoms with Crippen molar-refractivity contribution in [2.75, 3.05) is 0 Å². The van der Waals surface area contributed by atoms with E-state index in [0.717, 1.165) is 5.56 Å². The molecule has 1 atom stereocenters. The van der Waals surface area contributed by atoms with Gasteiger partial charge in [0.25, 0.3) is 5.91 Å². The molecule has 1 aromatic heterocycles. The molecular formula is C20H16FN3O. The van der Waals surface area contributed by atoms with Crippen LogP contribution >= 0.6 is 0 Å². The van der Waals surface area contributed by atoms with Crippen LogP contribution in [0.25, 0.3) is 5.69 Å². The minimum Gasteiger partial charge on any atom is -0.344 e. The summed E-state index contributed by atoms with van der Waals surface area (Å²) in [6, 6.07) is 18.7. The zero-order chi connectivity index (χ0) is 17.8. The van der Waals surface area contributed by atoms with E-state index in [1.165, 1.54) is 12.1 Å². The molecule has 4 nitrogen and oxygen atoms in total. The zero-order valence-electron chi connectivity index (χ0n) is 13.6. The van der Waals surface area contributed by atoms with Crippen LogP contribution in [0.4, 0.5) is 4.39 Å². The second kappa shape index (κ2) is 7.02. The Balaban J connectivity index is 1.93. The van der Waals surface area contributed by atoms with E-state index < -0.39 is 0 Å². The molecule has 1 heterocycles. The van der Waals surface area contributed by atoms with Gasteiger partial charge in [-0.2, -0.15) is 5.26 Å². The van der Waals surface area contributed by atoms with Gasteiger partial charge >= 0.3 is 0 Å². The Hall–Kier alpha value is -3.39. The lowest BCUT2D eigenvalue weighted by atomic mass is 10.1. The number of nitrogens with zero attached hydrogens (tertiary/aromatic N) is 2. The van der Waals surface area contributed by atoms with Gasteiger partial charge in [0.15, 0.2) is 0 Å². The molecule has 0 fully saturated rings. The monoisotopic (exact) mass is 333 g/mol. The molecule has 1 N–H and O–H groups in total. The lowest BCUT2D eigenvalue weighted by molar-refractivity contribution is 0.0933. The Bertz CT molecular complexity index is 924. The molecule has 0 bridgehead atoms. The number of carbonyl (C=O) groups excluding carboxylic acids is 1. The number of hydrogen-bond acceptors (Lipinski definition) is 2. The van der Waals surface area contributed by atoms with Crippen molar-refractivity contribution >= 4 is 5.91 Å². The molecule has 0 aliphatic carbocycles. The van der Waals surface area contributed by atoms with Crippen molar-refractivity contribution in [2.45, 2.75) is 13.0 Å². The molecule has 25 heavy (non-hydrogen) atoms. The maximum atomic E-state index is 13.2. The summed E-state index contributed by atoms with van der Waals surface area (Å²) < 4.78 is 14.7. The Morgan fingerprint density at radius 2 is 1.80 bits per heavy atom. The van der Waals surface area contributed by atoms with Gasteiger partial charge in [-0.05, 0) is 42.8 Å². The highest BCUT2D eigenvalue weighted by molar-refractivity contribution is 5.96. The van der Waals surface area contributed by atoms with Crippen LogP contribution in [0.1, 0.15) is 34.6 Å². The quantitative estimate of drug-likeness (QED) is 0.785. The van der Waals surface area contributed by atoms with E-state index in [1.807, 2.05) is 43.3 Å². The molecule has 0 saturated carbocycles. The molecule has 0 radical (unpaired) electrons. The first-order valence-corrected chi connectivity index (χ1v) is 7.83. The fourth-order valence-electron chi connectivity index (χ4n) is 2.66. The van der Waals surface area contributed by atoms with Crippen molar-refractivity contribution in [2.24, 2.45) is 0 Å². The van der Waals surface area contributed by atoms with E-state index in [9.17, 15) is 14.4 Å². The minimum absolute atomic E-state index is 0.211. The third kappa shape index (κ3) is 3.43. The Kier molecular flexibility index (Phi) is 4.62. The van der Waals surface area contributed by atoms with Crippen molar-refractivity contribution in [3.8, 4) is 11.8 Å². The van der Waals surface area contributed by atoms with Crippen molar-refractivity contribution in [1.82, 2.24) is 9.88 Å². The van der Waals surface area contributed by atoms with Crippen LogP contribution in [0.15, 0.2) is 66.9 Å². The third-order valence-corrected chi connectivity index (χ3v) is 3.97. The first-order valence-electron chi connectivity index (χ1n) is 7.83. The van der Waals surface area contributed by atoms with Crippen LogP contribution in [-0.2, 0) is 0 Å². The van der Waals surface area contributed by atoms with Crippen LogP contribution in [0, 0.1) is 17.1 Å². The summed E-state index contributed by atoms with van der Waals surface area (Å²) >= 11 is 0. The summed E-state index contributed by atoms with van der Waals surface area (Å²) in [6.45, 7) is 1.88. The average molecular weight is 333 g/mol. The number of aromatic nitrogens is 1. The fourth-order valence-corrected chi connectivity index (χ4v) is 2.66. The molecule has 3 aromatic rings. The van der Waals surface area contributed by atoms with Crippen molar-refractivity contribution in [3.63, 3.8) is 0 Å². The van der Waals surface area contributed by atoms with E-state index in [2.05, 4.69) is 5.32 Å². The minimum atomic E-state index is -0.361. The van der Waals surface area contributed by atoms with Gasteiger partial charge < -0.3 is 9.88 Å². The highest BCUT2D eigenvalue weighted by atomic mass is 19.1. The zero-order valence-corrected chi connectivity index (χ0v) is 13.6. The van der Waals surface area contributed by atoms with Crippen LogP contribution in [0.2, 0.25) is 0 Å². The van der Waals surface area contributed by atoms with E-state index in [0.29, 0.717) is 5.69 Å². The van der Waals surface area contributed by atoms with E-state index in [4.69, 9.17) is 0 Å². The summed E-state index contributed by atoms with van der Waals surface area (Å²) in [7, 11) is 0. The van der Waals surface area contributed by atoms with Gasteiger partial charge in [0, 0.05) is 11.9 Å². The van der Waals surface area contributed by atoms with Crippen molar-refractivity contribution in [1.29, 1.82) is 5.26 Å². The van der Waals surface area contributed by atoms with E-state index in [-0.39, 0.29) is 29.0 Å². The summed E-state index contributed by atoms with van der Waals surface area (Å²) in [4.78, 5) is 12.8. The van der Waals surface area contributed by atoms with Gasteiger partial charge in [-0.15, -0.1) is 0 Å². The lowest BCUT2D eigenvalue weighted by Gasteiger charge is -2.16. The SMILES string of the molecule is C[C@H](NC(=O)c1c(C#N)ccn1-c1ccc(F)cc1)c1ccccc1. The van der Waals surface area contributed by atoms with E-state index in [1.54, 1.807) is 29.0 Å². The average Bonchev–Trinajstić information content (AvgIpc) is 3.07. The molecule has 1 amide bonds. The second-order valence-corrected chi connectivity index (χ2v) is 5.64. The number of benzene rings is 2. The predicted molar refractivity (Wildman–Crippen MR) is 92.8 cm³/mol. The summed E-state index contributed by atoms with van der Waals surface area (Å²) in [5.74, 6) is -0.720. The van der Waals surface area contributed by atoms with Gasteiger partial charge in [-0.3, -0.25) is 4.79 Å². The van der Waals surface area contributed by atoms with Gasteiger partial charge in [-0.25, -0.2) is 4.39 Å². The molecule has 5 heteroatoms. The topological polar surface area (TPSA) is 57.8 Å². The van der Waals surface area contributed by atoms with Crippen molar-refractivity contribution < 1.29 is 9.18 Å². The van der Waals surface area contributed by atoms with Gasteiger partial charge in [0.2, 0.25) is 0 Å². The molecule has 0 aliphatic rings. The number of nitrogens with one attached hydrogen (secondary N) is 1. The van der Waals surface area contributed by atoms with E-state index >= 15 is 0 Å². The Morgan fingerprint density at radius 3 is 2.44 bits per heavy atom. The maximum absolute atomic E-state index is 13.2. The molecule has 0 aliphatic heterocycles. The number of hydrogen-bond donors (Lipinski definition) is 1. The standard InChI is InChI=1S/C20H16FN3O/c1-14(15-5-3-2-4-6-15)23-20(25)19-16(13-22)11-12-24(19)18-9-7-17(21)8-10-18/h2-12,14H,1H3,(H,23,25)/t14-/m0/s1. The highest BCUT2D eigenvalue weighted by Gasteiger charge is 2.20. The normalized spacial score (nSPS) is 11.6. The van der Waals surface area contributed by atoms with Crippen LogP contribution in [0.5, 0.6) is 0 Å². The molecular weight excluding hydrogens is 317 g/mol. The van der Waals surface area contributed by atoms with Gasteiger partial charge in [-0.1, -0.05) is 30.3 Å². The van der Waals surface area contributed by atoms with Crippen LogP contribution in [-0.4, -0.2) is 10.5 Å². The summed E-state index contributed by atoms with van der Waals surface area (Å²) in [5.41, 5.74) is 2.08. The summed E-state index contributed by atoms with van der Waals surface area (Å²) in [5, 5.41) is 12.2. The highest BCUT2D eigenvalue weighted by Crippen LogP contribution is 2.19. The predicted octanol–water partition coefficient (Wildman–Crippen LogP) is 3.98. The molecule has 0 unspecified atom stereocenters. The first kappa shape index (κ1) is 16.5. The number of nitriles is 1. The molecule has 0 saturated heterocycles. The molecule has 0 spiro atoms. The Morgan fingerprint density at radius 1 is 1.12 bits per heavy atom. The smallest absolute Gasteiger partial charge is 0.270 e. The maximum Gasteiger partial charge on any atom is 0.270 e.